The maximum atomic E-state index is 12.4. The molecule has 2 aromatic carbocycles. The lowest BCUT2D eigenvalue weighted by Gasteiger charge is -2.21. The molecule has 34 heavy (non-hydrogen) atoms. The number of aryl methyl sites for hydroxylation is 2. The van der Waals surface area contributed by atoms with Crippen molar-refractivity contribution >= 4 is 9.47 Å². The predicted octanol–water partition coefficient (Wildman–Crippen LogP) is 4.59. The summed E-state index contributed by atoms with van der Waals surface area (Å²) in [7, 11) is 1.42. The molecule has 5 nitrogen and oxygen atoms in total. The molecule has 2 aromatic rings. The largest absolute Gasteiger partial charge is 0.573 e. The van der Waals surface area contributed by atoms with Gasteiger partial charge < -0.3 is 26.2 Å². The Bertz CT molecular complexity index is 816. The molecule has 0 amide bonds. The van der Waals surface area contributed by atoms with E-state index in [1.807, 2.05) is 0 Å². The standard InChI is InChI=1S/C12H16F3NO.C10H12F3NO.H3OP/c1-11(16,8-17)6-5-9-3-2-4-10(7-9)12(13,14)15;11-10(12,13)15-9-5-3-8(4-6-9)2-1-7-14;1-2/h2-4,7,17H,5-6,8,16H2,1H3;3-6H,1-2,7,14H2;1H,2H2. The number of benzene rings is 2. The van der Waals surface area contributed by atoms with Crippen LogP contribution < -0.4 is 16.2 Å². The smallest absolute Gasteiger partial charge is 0.406 e. The Morgan fingerprint density at radius 3 is 1.97 bits per heavy atom. The van der Waals surface area contributed by atoms with E-state index in [1.54, 1.807) is 25.1 Å². The summed E-state index contributed by atoms with van der Waals surface area (Å²) in [5.74, 6) is -0.195. The number of nitrogens with two attached hydrogens (primary N) is 2. The molecule has 0 saturated heterocycles. The van der Waals surface area contributed by atoms with Gasteiger partial charge >= 0.3 is 12.5 Å². The lowest BCUT2D eigenvalue weighted by atomic mass is 9.94. The molecular weight excluding hydrogens is 485 g/mol. The highest BCUT2D eigenvalue weighted by Crippen LogP contribution is 2.30. The average molecular weight is 516 g/mol. The summed E-state index contributed by atoms with van der Waals surface area (Å²) >= 11 is 0. The summed E-state index contributed by atoms with van der Waals surface area (Å²) in [6.45, 7) is 2.05. The van der Waals surface area contributed by atoms with E-state index >= 15 is 0 Å². The highest BCUT2D eigenvalue weighted by Gasteiger charge is 2.31. The van der Waals surface area contributed by atoms with E-state index in [9.17, 15) is 26.3 Å². The van der Waals surface area contributed by atoms with Crippen molar-refractivity contribution in [1.82, 2.24) is 0 Å². The summed E-state index contributed by atoms with van der Waals surface area (Å²) in [6.07, 6.45) is -6.51. The Kier molecular flexibility index (Phi) is 14.3. The molecular formula is C22H31F6N2O3P. The van der Waals surface area contributed by atoms with E-state index in [0.717, 1.165) is 30.5 Å². The van der Waals surface area contributed by atoms with Crippen LogP contribution in [0.3, 0.4) is 0 Å². The van der Waals surface area contributed by atoms with Crippen molar-refractivity contribution in [3.05, 3.63) is 65.2 Å². The number of ether oxygens (including phenoxy) is 1. The summed E-state index contributed by atoms with van der Waals surface area (Å²) in [6, 6.07) is 11.0. The first-order chi connectivity index (χ1) is 15.8. The molecule has 0 aliphatic rings. The highest BCUT2D eigenvalue weighted by molar-refractivity contribution is 7.08. The normalized spacial score (nSPS) is 13.1. The van der Waals surface area contributed by atoms with E-state index in [0.29, 0.717) is 24.9 Å². The van der Waals surface area contributed by atoms with Gasteiger partial charge in [-0.05, 0) is 77.9 Å². The Balaban J connectivity index is 0.000000601. The minimum absolute atomic E-state index is 0.189. The third kappa shape index (κ3) is 14.4. The Morgan fingerprint density at radius 1 is 0.912 bits per heavy atom. The SMILES string of the molecule is CC(N)(CO)CCc1cccc(C(F)(F)F)c1.NCCCc1ccc(OC(F)(F)F)cc1.OP. The van der Waals surface area contributed by atoms with Gasteiger partial charge in [0.15, 0.2) is 0 Å². The van der Waals surface area contributed by atoms with E-state index in [1.165, 1.54) is 27.7 Å². The number of hydrogen-bond acceptors (Lipinski definition) is 5. The van der Waals surface area contributed by atoms with Crippen molar-refractivity contribution in [3.63, 3.8) is 0 Å². The monoisotopic (exact) mass is 516 g/mol. The van der Waals surface area contributed by atoms with E-state index in [2.05, 4.69) is 4.74 Å². The molecule has 2 atom stereocenters. The number of aliphatic hydroxyl groups excluding tert-OH is 1. The minimum Gasteiger partial charge on any atom is -0.406 e. The van der Waals surface area contributed by atoms with E-state index < -0.39 is 23.6 Å². The zero-order valence-electron chi connectivity index (χ0n) is 18.7. The molecule has 0 aromatic heterocycles. The Morgan fingerprint density at radius 2 is 1.50 bits per heavy atom. The van der Waals surface area contributed by atoms with Gasteiger partial charge in [-0.25, -0.2) is 0 Å². The van der Waals surface area contributed by atoms with Gasteiger partial charge in [-0.3, -0.25) is 0 Å². The number of aliphatic hydroxyl groups is 1. The fraction of sp³-hybridized carbons (Fsp3) is 0.455. The number of halogens is 6. The van der Waals surface area contributed by atoms with Crippen molar-refractivity contribution in [2.75, 3.05) is 13.2 Å². The Hall–Kier alpha value is -1.91. The summed E-state index contributed by atoms with van der Waals surface area (Å²) in [5.41, 5.74) is 11.1. The third-order valence-corrected chi connectivity index (χ3v) is 4.43. The topological polar surface area (TPSA) is 102 Å². The summed E-state index contributed by atoms with van der Waals surface area (Å²) in [5, 5.41) is 8.95. The molecule has 12 heteroatoms. The van der Waals surface area contributed by atoms with E-state index in [4.69, 9.17) is 21.5 Å². The molecule has 0 bridgehead atoms. The fourth-order valence-corrected chi connectivity index (χ4v) is 2.58. The van der Waals surface area contributed by atoms with Crippen LogP contribution in [0.25, 0.3) is 0 Å². The van der Waals surface area contributed by atoms with Gasteiger partial charge in [-0.1, -0.05) is 30.3 Å². The molecule has 0 saturated carbocycles. The predicted molar refractivity (Wildman–Crippen MR) is 122 cm³/mol. The van der Waals surface area contributed by atoms with Crippen LogP contribution >= 0.6 is 9.47 Å². The van der Waals surface area contributed by atoms with Crippen molar-refractivity contribution in [3.8, 4) is 5.75 Å². The zero-order chi connectivity index (χ0) is 26.4. The quantitative estimate of drug-likeness (QED) is 0.304. The second-order valence-corrected chi connectivity index (χ2v) is 7.59. The molecule has 0 fully saturated rings. The maximum Gasteiger partial charge on any atom is 0.573 e. The molecule has 0 spiro atoms. The summed E-state index contributed by atoms with van der Waals surface area (Å²) in [4.78, 5) is 6.92. The van der Waals surface area contributed by atoms with Gasteiger partial charge in [0.25, 0.3) is 0 Å². The molecule has 0 aliphatic heterocycles. The van der Waals surface area contributed by atoms with Gasteiger partial charge in [0.2, 0.25) is 0 Å². The van der Waals surface area contributed by atoms with Crippen LogP contribution in [0, 0.1) is 0 Å². The van der Waals surface area contributed by atoms with Crippen LogP contribution in [0.15, 0.2) is 48.5 Å². The first-order valence-corrected chi connectivity index (χ1v) is 10.6. The highest BCUT2D eigenvalue weighted by atomic mass is 31.0. The average Bonchev–Trinajstić information content (AvgIpc) is 2.78. The van der Waals surface area contributed by atoms with Crippen molar-refractivity contribution in [2.24, 2.45) is 11.5 Å². The van der Waals surface area contributed by atoms with Crippen molar-refractivity contribution in [1.29, 1.82) is 0 Å². The first-order valence-electron chi connectivity index (χ1n) is 10.1. The molecule has 2 unspecified atom stereocenters. The van der Waals surface area contributed by atoms with Crippen LogP contribution in [0.5, 0.6) is 5.75 Å². The fourth-order valence-electron chi connectivity index (χ4n) is 2.58. The lowest BCUT2D eigenvalue weighted by Crippen LogP contribution is -2.40. The molecule has 0 aliphatic carbocycles. The van der Waals surface area contributed by atoms with Crippen LogP contribution in [0.1, 0.15) is 36.5 Å². The zero-order valence-corrected chi connectivity index (χ0v) is 19.8. The van der Waals surface area contributed by atoms with Gasteiger partial charge in [-0.15, -0.1) is 13.2 Å². The second kappa shape index (κ2) is 15.2. The molecule has 6 N–H and O–H groups in total. The van der Waals surface area contributed by atoms with E-state index in [-0.39, 0.29) is 12.4 Å². The van der Waals surface area contributed by atoms with Crippen LogP contribution in [-0.2, 0) is 19.0 Å². The molecule has 0 radical (unpaired) electrons. The number of hydrogen-bond donors (Lipinski definition) is 4. The molecule has 194 valence electrons. The number of alkyl halides is 6. The maximum absolute atomic E-state index is 12.4. The third-order valence-electron chi connectivity index (χ3n) is 4.43. The molecule has 0 heterocycles. The lowest BCUT2D eigenvalue weighted by molar-refractivity contribution is -0.274. The van der Waals surface area contributed by atoms with Crippen molar-refractivity contribution in [2.45, 2.75) is 50.7 Å². The molecule has 2 rings (SSSR count). The van der Waals surface area contributed by atoms with Gasteiger partial charge in [0.05, 0.1) is 12.2 Å². The van der Waals surface area contributed by atoms with Crippen LogP contribution in [-0.4, -0.2) is 35.1 Å². The first kappa shape index (κ1) is 32.1. The minimum atomic E-state index is -4.63. The van der Waals surface area contributed by atoms with Crippen molar-refractivity contribution < 1.29 is 41.1 Å². The van der Waals surface area contributed by atoms with Crippen LogP contribution in [0.4, 0.5) is 26.3 Å². The summed E-state index contributed by atoms with van der Waals surface area (Å²) < 4.78 is 76.5. The van der Waals surface area contributed by atoms with Gasteiger partial charge in [0, 0.05) is 5.54 Å². The second-order valence-electron chi connectivity index (χ2n) is 7.59. The number of rotatable bonds is 8. The van der Waals surface area contributed by atoms with Crippen LogP contribution in [0.2, 0.25) is 0 Å². The Labute approximate surface area is 197 Å². The van der Waals surface area contributed by atoms with Gasteiger partial charge in [-0.2, -0.15) is 13.2 Å². The van der Waals surface area contributed by atoms with Gasteiger partial charge in [0.1, 0.15) is 5.75 Å².